The maximum atomic E-state index is 4.33. The minimum atomic E-state index is 1.13. The van der Waals surface area contributed by atoms with Crippen LogP contribution in [0.4, 0.5) is 0 Å². The second-order valence-corrected chi connectivity index (χ2v) is 13.5. The van der Waals surface area contributed by atoms with Crippen LogP contribution in [0.5, 0.6) is 0 Å². The third-order valence-electron chi connectivity index (χ3n) is 4.86. The van der Waals surface area contributed by atoms with E-state index in [-0.39, 0.29) is 0 Å². The van der Waals surface area contributed by atoms with E-state index in [1.807, 2.05) is 43.2 Å². The third-order valence-corrected chi connectivity index (χ3v) is 11.1. The zero-order valence-electron chi connectivity index (χ0n) is 18.7. The molecule has 0 saturated carbocycles. The van der Waals surface area contributed by atoms with Gasteiger partial charge in [-0.15, -0.1) is 5.10 Å². The molecule has 0 aliphatic heterocycles. The molecule has 7 heteroatoms. The molecule has 0 atom stereocenters. The van der Waals surface area contributed by atoms with Crippen LogP contribution in [0.2, 0.25) is 0 Å². The second kappa shape index (κ2) is 22.2. The van der Waals surface area contributed by atoms with Crippen LogP contribution in [0.25, 0.3) is 0 Å². The van der Waals surface area contributed by atoms with Crippen molar-refractivity contribution in [3.8, 4) is 0 Å². The lowest BCUT2D eigenvalue weighted by molar-refractivity contribution is 0.586. The highest BCUT2D eigenvalue weighted by molar-refractivity contribution is 8.78. The summed E-state index contributed by atoms with van der Waals surface area (Å²) in [4.78, 5) is 0. The summed E-state index contributed by atoms with van der Waals surface area (Å²) in [5.41, 5.74) is 0. The fraction of sp³-hybridized carbons (Fsp3) is 0.909. The summed E-state index contributed by atoms with van der Waals surface area (Å²) >= 11 is 1.56. The smallest absolute Gasteiger partial charge is 0.129 e. The molecule has 0 radical (unpaired) electrons. The van der Waals surface area contributed by atoms with Crippen molar-refractivity contribution in [1.82, 2.24) is 9.59 Å². The van der Waals surface area contributed by atoms with Crippen molar-refractivity contribution in [1.29, 1.82) is 0 Å². The average molecular weight is 495 g/mol. The second-order valence-electron chi connectivity index (χ2n) is 7.63. The van der Waals surface area contributed by atoms with Gasteiger partial charge in [0.05, 0.1) is 0 Å². The van der Waals surface area contributed by atoms with Gasteiger partial charge in [-0.1, -0.05) is 130 Å². The molecule has 0 saturated heterocycles. The molecule has 0 spiro atoms. The van der Waals surface area contributed by atoms with Crippen LogP contribution in [-0.2, 0) is 0 Å². The summed E-state index contributed by atoms with van der Waals surface area (Å²) in [6.07, 6.45) is 22.3. The van der Waals surface area contributed by atoms with Gasteiger partial charge in [0.2, 0.25) is 0 Å². The van der Waals surface area contributed by atoms with Crippen molar-refractivity contribution in [3.63, 3.8) is 0 Å². The number of rotatable bonds is 22. The lowest BCUT2D eigenvalue weighted by Crippen LogP contribution is -1.82. The summed E-state index contributed by atoms with van der Waals surface area (Å²) in [6.45, 7) is 4.57. The summed E-state index contributed by atoms with van der Waals surface area (Å²) in [7, 11) is 7.65. The van der Waals surface area contributed by atoms with Crippen molar-refractivity contribution < 1.29 is 0 Å². The molecule has 0 aliphatic carbocycles. The Bertz CT molecular complexity index is 418. The van der Waals surface area contributed by atoms with Gasteiger partial charge < -0.3 is 0 Å². The van der Waals surface area contributed by atoms with E-state index in [4.69, 9.17) is 0 Å². The first-order valence-corrected chi connectivity index (χ1v) is 17.2. The zero-order valence-corrected chi connectivity index (χ0v) is 22.7. The van der Waals surface area contributed by atoms with E-state index in [1.54, 1.807) is 11.5 Å². The summed E-state index contributed by atoms with van der Waals surface area (Å²) in [5, 5.41) is 5.46. The van der Waals surface area contributed by atoms with Crippen LogP contribution < -0.4 is 0 Å². The van der Waals surface area contributed by atoms with Gasteiger partial charge in [-0.2, -0.15) is 0 Å². The van der Waals surface area contributed by atoms with Crippen LogP contribution in [0, 0.1) is 0 Å². The van der Waals surface area contributed by atoms with E-state index in [1.165, 1.54) is 118 Å². The highest BCUT2D eigenvalue weighted by atomic mass is 33.1. The first-order valence-electron chi connectivity index (χ1n) is 11.8. The number of unbranched alkanes of at least 4 members (excludes halogenated alkanes) is 14. The molecule has 0 amide bonds. The van der Waals surface area contributed by atoms with E-state index in [0.717, 1.165) is 5.03 Å². The molecule has 1 aromatic rings. The van der Waals surface area contributed by atoms with Crippen molar-refractivity contribution in [2.45, 2.75) is 126 Å². The molecule has 1 aromatic heterocycles. The average Bonchev–Trinajstić information content (AvgIpc) is 3.18. The lowest BCUT2D eigenvalue weighted by Gasteiger charge is -2.03. The van der Waals surface area contributed by atoms with Gasteiger partial charge in [-0.25, -0.2) is 0 Å². The topological polar surface area (TPSA) is 25.8 Å². The minimum absolute atomic E-state index is 1.13. The number of hydrogen-bond acceptors (Lipinski definition) is 7. The Morgan fingerprint density at radius 2 is 1.03 bits per heavy atom. The molecule has 29 heavy (non-hydrogen) atoms. The van der Waals surface area contributed by atoms with Gasteiger partial charge in [0.25, 0.3) is 0 Å². The Labute approximate surface area is 200 Å². The molecule has 0 aromatic carbocycles. The lowest BCUT2D eigenvalue weighted by atomic mass is 10.1. The van der Waals surface area contributed by atoms with Crippen LogP contribution in [0.3, 0.4) is 0 Å². The zero-order chi connectivity index (χ0) is 20.8. The molecular formula is C22H42N2S5. The van der Waals surface area contributed by atoms with Crippen LogP contribution in [0.1, 0.15) is 117 Å². The highest BCUT2D eigenvalue weighted by Gasteiger charge is 2.10. The van der Waals surface area contributed by atoms with Gasteiger partial charge in [0, 0.05) is 11.5 Å². The summed E-state index contributed by atoms with van der Waals surface area (Å²) in [5.74, 6) is 2.47. The molecule has 0 fully saturated rings. The Balaban J connectivity index is 1.93. The Morgan fingerprint density at radius 3 is 1.55 bits per heavy atom. The van der Waals surface area contributed by atoms with Gasteiger partial charge in [-0.05, 0) is 46.0 Å². The Morgan fingerprint density at radius 1 is 0.586 bits per heavy atom. The molecule has 1 heterocycles. The van der Waals surface area contributed by atoms with Gasteiger partial charge >= 0.3 is 0 Å². The molecule has 0 aliphatic rings. The monoisotopic (exact) mass is 494 g/mol. The number of aromatic nitrogens is 2. The highest BCUT2D eigenvalue weighted by Crippen LogP contribution is 2.43. The minimum Gasteiger partial charge on any atom is -0.129 e. The predicted octanol–water partition coefficient (Wildman–Crippen LogP) is 10.3. The van der Waals surface area contributed by atoms with Crippen molar-refractivity contribution in [2.24, 2.45) is 0 Å². The molecular weight excluding hydrogens is 453 g/mol. The molecule has 2 nitrogen and oxygen atoms in total. The van der Waals surface area contributed by atoms with E-state index in [9.17, 15) is 0 Å². The van der Waals surface area contributed by atoms with E-state index < -0.39 is 0 Å². The van der Waals surface area contributed by atoms with Gasteiger partial charge in [-0.3, -0.25) is 0 Å². The first kappa shape index (κ1) is 28.0. The maximum absolute atomic E-state index is 4.33. The van der Waals surface area contributed by atoms with Crippen molar-refractivity contribution >= 4 is 54.7 Å². The standard InChI is InChI=1S/C22H42N2S5/c1-3-5-7-9-11-13-15-17-19-25-28-21-22(27-24-23-21)29-26-20-18-16-14-12-10-8-6-4-2/h3-20H2,1-2H3. The molecule has 1 rings (SSSR count). The van der Waals surface area contributed by atoms with E-state index >= 15 is 0 Å². The molecule has 0 N–H and O–H groups in total. The Kier molecular flexibility index (Phi) is 21.4. The fourth-order valence-electron chi connectivity index (χ4n) is 3.06. The van der Waals surface area contributed by atoms with E-state index in [2.05, 4.69) is 23.4 Å². The molecule has 0 bridgehead atoms. The normalized spacial score (nSPS) is 11.4. The summed E-state index contributed by atoms with van der Waals surface area (Å²) in [6, 6.07) is 0. The van der Waals surface area contributed by atoms with Gasteiger partial charge in [0.1, 0.15) is 4.21 Å². The Hall–Kier alpha value is 0.960. The van der Waals surface area contributed by atoms with Crippen LogP contribution in [0.15, 0.2) is 9.24 Å². The van der Waals surface area contributed by atoms with E-state index in [0.29, 0.717) is 0 Å². The van der Waals surface area contributed by atoms with Crippen molar-refractivity contribution in [3.05, 3.63) is 0 Å². The SMILES string of the molecule is CCCCCCCCCCSSc1nnsc1SSCCCCCCCCCC. The quantitative estimate of drug-likeness (QED) is 0.117. The molecule has 170 valence electrons. The number of hydrogen-bond donors (Lipinski definition) is 0. The van der Waals surface area contributed by atoms with Crippen LogP contribution >= 0.6 is 54.7 Å². The largest absolute Gasteiger partial charge is 0.156 e. The maximum Gasteiger partial charge on any atom is 0.156 e. The predicted molar refractivity (Wildman–Crippen MR) is 142 cm³/mol. The number of nitrogens with zero attached hydrogens (tertiary/aromatic N) is 2. The van der Waals surface area contributed by atoms with Crippen LogP contribution in [-0.4, -0.2) is 21.1 Å². The molecule has 0 unspecified atom stereocenters. The fourth-order valence-corrected chi connectivity index (χ4v) is 9.05. The summed E-state index contributed by atoms with van der Waals surface area (Å²) < 4.78 is 5.47. The first-order chi connectivity index (χ1) is 14.4. The van der Waals surface area contributed by atoms with Gasteiger partial charge in [0.15, 0.2) is 5.03 Å². The van der Waals surface area contributed by atoms with Crippen molar-refractivity contribution in [2.75, 3.05) is 11.5 Å². The third kappa shape index (κ3) is 17.2.